The van der Waals surface area contributed by atoms with Gasteiger partial charge < -0.3 is 10.2 Å². The number of nitrogens with zero attached hydrogens (tertiary/aromatic N) is 3. The van der Waals surface area contributed by atoms with Gasteiger partial charge in [0.15, 0.2) is 0 Å². The Kier molecular flexibility index (Phi) is 5.89. The van der Waals surface area contributed by atoms with E-state index in [-0.39, 0.29) is 35.9 Å². The lowest BCUT2D eigenvalue weighted by atomic mass is 9.94. The van der Waals surface area contributed by atoms with Crippen molar-refractivity contribution in [3.63, 3.8) is 0 Å². The van der Waals surface area contributed by atoms with E-state index >= 15 is 0 Å². The van der Waals surface area contributed by atoms with Crippen molar-refractivity contribution in [3.8, 4) is 0 Å². The first kappa shape index (κ1) is 22.3. The van der Waals surface area contributed by atoms with Gasteiger partial charge in [-0.05, 0) is 46.9 Å². The number of amides is 2. The molecule has 2 aliphatic rings. The highest BCUT2D eigenvalue weighted by Gasteiger charge is 2.56. The molecule has 4 unspecified atom stereocenters. The van der Waals surface area contributed by atoms with Crippen molar-refractivity contribution in [2.75, 3.05) is 6.54 Å². The van der Waals surface area contributed by atoms with Crippen LogP contribution in [0.25, 0.3) is 0 Å². The molecule has 2 aromatic carbocycles. The maximum atomic E-state index is 14.9. The number of carbonyl (C=O) groups is 2. The molecule has 0 radical (unpaired) electrons. The highest BCUT2D eigenvalue weighted by Crippen LogP contribution is 2.50. The third-order valence-electron chi connectivity index (χ3n) is 6.94. The first-order valence-corrected chi connectivity index (χ1v) is 11.7. The van der Waals surface area contributed by atoms with Gasteiger partial charge in [-0.3, -0.25) is 9.59 Å². The minimum Gasteiger partial charge on any atom is -0.343 e. The number of piperidine rings is 1. The topological polar surface area (TPSA) is 91.0 Å². The summed E-state index contributed by atoms with van der Waals surface area (Å²) in [6.07, 6.45) is 2.56. The monoisotopic (exact) mass is 461 g/mol. The summed E-state index contributed by atoms with van der Waals surface area (Å²) < 4.78 is 14.9. The molecule has 7 nitrogen and oxygen atoms in total. The second kappa shape index (κ2) is 9.00. The smallest absolute Gasteiger partial charge is 0.243 e. The molecule has 1 saturated heterocycles. The van der Waals surface area contributed by atoms with Gasteiger partial charge >= 0.3 is 0 Å². The van der Waals surface area contributed by atoms with Crippen LogP contribution < -0.4 is 5.32 Å². The van der Waals surface area contributed by atoms with Crippen molar-refractivity contribution >= 4 is 11.8 Å². The summed E-state index contributed by atoms with van der Waals surface area (Å²) in [6, 6.07) is 13.7. The summed E-state index contributed by atoms with van der Waals surface area (Å²) in [5.41, 5.74) is 2.72. The predicted molar refractivity (Wildman–Crippen MR) is 124 cm³/mol. The molecule has 2 fully saturated rings. The Bertz CT molecular complexity index is 1180. The third-order valence-corrected chi connectivity index (χ3v) is 6.94. The molecule has 3 aromatic rings. The number of fused-ring (bicyclic) bond motifs is 1. The number of hydrogen-bond acceptors (Lipinski definition) is 4. The van der Waals surface area contributed by atoms with Gasteiger partial charge in [0, 0.05) is 6.54 Å². The molecular weight excluding hydrogens is 433 g/mol. The van der Waals surface area contributed by atoms with Crippen LogP contribution in [0.5, 0.6) is 0 Å². The average Bonchev–Trinajstić information content (AvgIpc) is 3.21. The number of H-pyrrole nitrogens is 1. The van der Waals surface area contributed by atoms with Crippen LogP contribution in [-0.2, 0) is 16.0 Å². The number of hydrogen-bond donors (Lipinski definition) is 2. The summed E-state index contributed by atoms with van der Waals surface area (Å²) in [5.74, 6) is -0.0400. The number of rotatable bonds is 7. The molecule has 0 spiro atoms. The molecule has 1 aromatic heterocycles. The van der Waals surface area contributed by atoms with E-state index in [1.54, 1.807) is 11.0 Å². The Morgan fingerprint density at radius 1 is 1.18 bits per heavy atom. The van der Waals surface area contributed by atoms with Crippen molar-refractivity contribution in [2.24, 2.45) is 11.8 Å². The Balaban J connectivity index is 1.40. The van der Waals surface area contributed by atoms with E-state index in [0.29, 0.717) is 29.3 Å². The maximum absolute atomic E-state index is 14.9. The molecule has 1 saturated carbocycles. The quantitative estimate of drug-likeness (QED) is 0.565. The summed E-state index contributed by atoms with van der Waals surface area (Å²) >= 11 is 0. The van der Waals surface area contributed by atoms with E-state index in [9.17, 15) is 14.0 Å². The normalized spacial score (nSPS) is 21.9. The molecule has 8 heteroatoms. The Labute approximate surface area is 197 Å². The van der Waals surface area contributed by atoms with Crippen molar-refractivity contribution in [1.29, 1.82) is 0 Å². The van der Waals surface area contributed by atoms with Crippen LogP contribution >= 0.6 is 0 Å². The maximum Gasteiger partial charge on any atom is 0.243 e. The minimum absolute atomic E-state index is 0.0633. The Hall–Kier alpha value is -3.55. The minimum atomic E-state index is -0.532. The molecular formula is C26H28FN5O2. The number of nitrogens with one attached hydrogen (secondary N) is 2. The van der Waals surface area contributed by atoms with Crippen LogP contribution in [0.3, 0.4) is 0 Å². The molecule has 176 valence electrons. The van der Waals surface area contributed by atoms with E-state index in [1.165, 1.54) is 12.3 Å². The number of benzene rings is 2. The van der Waals surface area contributed by atoms with E-state index in [0.717, 1.165) is 12.0 Å². The lowest BCUT2D eigenvalue weighted by Gasteiger charge is -2.29. The van der Waals surface area contributed by atoms with Crippen molar-refractivity contribution in [2.45, 2.75) is 44.7 Å². The van der Waals surface area contributed by atoms with Crippen LogP contribution in [0.1, 0.15) is 54.6 Å². The first-order valence-electron chi connectivity index (χ1n) is 11.7. The molecule has 4 atom stereocenters. The van der Waals surface area contributed by atoms with Crippen molar-refractivity contribution in [3.05, 3.63) is 82.9 Å². The molecule has 2 heterocycles. The second-order valence-electron chi connectivity index (χ2n) is 9.58. The lowest BCUT2D eigenvalue weighted by Crippen LogP contribution is -2.49. The van der Waals surface area contributed by atoms with Crippen LogP contribution in [0, 0.1) is 17.7 Å². The molecule has 1 aliphatic heterocycles. The van der Waals surface area contributed by atoms with Crippen LogP contribution in [0.2, 0.25) is 0 Å². The number of carbonyl (C=O) groups excluding carboxylic acids is 2. The second-order valence-corrected chi connectivity index (χ2v) is 9.58. The standard InChI is InChI=1S/C26H28FN5O2/c1-15(2)20-9-8-17(11-22(20)27)24(16-6-4-3-5-7-16)29-26(34)25-21-10-18(21)14-32(25)23(33)12-19-13-28-31-30-19/h3-9,11,13,15,18,21,24-25H,10,12,14H2,1-2H3,(H,29,34)(H,28,30,31). The van der Waals surface area contributed by atoms with Gasteiger partial charge in [0.05, 0.1) is 24.4 Å². The van der Waals surface area contributed by atoms with Gasteiger partial charge in [0.1, 0.15) is 11.9 Å². The molecule has 0 bridgehead atoms. The Morgan fingerprint density at radius 2 is 1.97 bits per heavy atom. The number of likely N-dealkylation sites (tertiary alicyclic amines) is 1. The average molecular weight is 462 g/mol. The molecule has 5 rings (SSSR count). The van der Waals surface area contributed by atoms with Crippen LogP contribution in [-0.4, -0.2) is 44.7 Å². The number of aromatic nitrogens is 3. The Morgan fingerprint density at radius 3 is 2.65 bits per heavy atom. The van der Waals surface area contributed by atoms with Gasteiger partial charge in [-0.1, -0.05) is 56.3 Å². The highest BCUT2D eigenvalue weighted by atomic mass is 19.1. The highest BCUT2D eigenvalue weighted by molar-refractivity contribution is 5.90. The predicted octanol–water partition coefficient (Wildman–Crippen LogP) is 3.36. The largest absolute Gasteiger partial charge is 0.343 e. The van der Waals surface area contributed by atoms with E-state index in [4.69, 9.17) is 0 Å². The van der Waals surface area contributed by atoms with Gasteiger partial charge in [-0.2, -0.15) is 15.4 Å². The first-order chi connectivity index (χ1) is 16.4. The molecule has 34 heavy (non-hydrogen) atoms. The number of halogens is 1. The van der Waals surface area contributed by atoms with E-state index < -0.39 is 12.1 Å². The fourth-order valence-corrected chi connectivity index (χ4v) is 5.05. The van der Waals surface area contributed by atoms with Crippen molar-refractivity contribution < 1.29 is 14.0 Å². The van der Waals surface area contributed by atoms with Gasteiger partial charge in [-0.15, -0.1) is 0 Å². The van der Waals surface area contributed by atoms with E-state index in [2.05, 4.69) is 20.7 Å². The lowest BCUT2D eigenvalue weighted by molar-refractivity contribution is -0.139. The van der Waals surface area contributed by atoms with Crippen molar-refractivity contribution in [1.82, 2.24) is 25.6 Å². The SMILES string of the molecule is CC(C)c1ccc(C(NC(=O)C2C3CC3CN2C(=O)Cc2cn[nH]n2)c2ccccc2)cc1F. The fourth-order valence-electron chi connectivity index (χ4n) is 5.05. The molecule has 1 aliphatic carbocycles. The van der Waals surface area contributed by atoms with Gasteiger partial charge in [-0.25, -0.2) is 4.39 Å². The summed E-state index contributed by atoms with van der Waals surface area (Å²) in [5, 5.41) is 13.4. The molecule has 2 N–H and O–H groups in total. The van der Waals surface area contributed by atoms with Gasteiger partial charge in [0.25, 0.3) is 0 Å². The summed E-state index contributed by atoms with van der Waals surface area (Å²) in [4.78, 5) is 28.2. The fraction of sp³-hybridized carbons (Fsp3) is 0.385. The zero-order chi connectivity index (χ0) is 23.8. The van der Waals surface area contributed by atoms with E-state index in [1.807, 2.05) is 50.2 Å². The van der Waals surface area contributed by atoms with Crippen LogP contribution in [0.15, 0.2) is 54.7 Å². The number of aromatic amines is 1. The van der Waals surface area contributed by atoms with Crippen LogP contribution in [0.4, 0.5) is 4.39 Å². The third kappa shape index (κ3) is 4.32. The van der Waals surface area contributed by atoms with Gasteiger partial charge in [0.2, 0.25) is 11.8 Å². The zero-order valence-corrected chi connectivity index (χ0v) is 19.2. The zero-order valence-electron chi connectivity index (χ0n) is 19.2. The summed E-state index contributed by atoms with van der Waals surface area (Å²) in [7, 11) is 0. The summed E-state index contributed by atoms with van der Waals surface area (Å²) in [6.45, 7) is 4.48. The molecule has 2 amide bonds.